The number of hydrogen-bond donors (Lipinski definition) is 1. The number of fused-ring (bicyclic) bond motifs is 1. The minimum Gasteiger partial charge on any atom is -0.508 e. The topological polar surface area (TPSA) is 20.2 Å². The van der Waals surface area contributed by atoms with Gasteiger partial charge in [0.2, 0.25) is 0 Å². The molecule has 0 radical (unpaired) electrons. The van der Waals surface area contributed by atoms with E-state index < -0.39 is 0 Å². The molecule has 0 amide bonds. The predicted octanol–water partition coefficient (Wildman–Crippen LogP) is 6.36. The summed E-state index contributed by atoms with van der Waals surface area (Å²) in [4.78, 5) is 0. The number of phenols is 1. The third-order valence-corrected chi connectivity index (χ3v) is 6.18. The van der Waals surface area contributed by atoms with Crippen molar-refractivity contribution in [2.24, 2.45) is 5.92 Å². The van der Waals surface area contributed by atoms with Crippen LogP contribution in [0.15, 0.2) is 66.7 Å². The molecule has 1 aliphatic rings. The molecular formula is C25H24F2O. The first-order chi connectivity index (χ1) is 13.6. The lowest BCUT2D eigenvalue weighted by Gasteiger charge is -2.40. The number of phenolic OH excluding ortho intramolecular Hbond substituents is 1. The van der Waals surface area contributed by atoms with Crippen LogP contribution in [-0.2, 0) is 12.8 Å². The summed E-state index contributed by atoms with van der Waals surface area (Å²) < 4.78 is 29.1. The molecule has 4 rings (SSSR count). The first-order valence-corrected chi connectivity index (χ1v) is 9.88. The molecule has 144 valence electrons. The summed E-state index contributed by atoms with van der Waals surface area (Å²) in [6.07, 6.45) is 2.22. The largest absolute Gasteiger partial charge is 0.508 e. The Hall–Kier alpha value is -2.68. The maximum Gasteiger partial charge on any atom is 0.130 e. The van der Waals surface area contributed by atoms with Gasteiger partial charge in [0.15, 0.2) is 0 Å². The minimum absolute atomic E-state index is 0.00252. The lowest BCUT2D eigenvalue weighted by Crippen LogP contribution is -2.30. The number of benzene rings is 3. The lowest BCUT2D eigenvalue weighted by atomic mass is 9.64. The number of rotatable bonds is 4. The summed E-state index contributed by atoms with van der Waals surface area (Å²) in [6, 6.07) is 19.6. The molecule has 1 N–H and O–H groups in total. The van der Waals surface area contributed by atoms with Crippen molar-refractivity contribution in [2.75, 3.05) is 0 Å². The average Bonchev–Trinajstić information content (AvgIpc) is 2.69. The first kappa shape index (κ1) is 18.7. The van der Waals surface area contributed by atoms with Crippen LogP contribution in [0, 0.1) is 17.6 Å². The van der Waals surface area contributed by atoms with Crippen LogP contribution in [0.25, 0.3) is 0 Å². The number of hydrogen-bond acceptors (Lipinski definition) is 1. The van der Waals surface area contributed by atoms with E-state index in [0.717, 1.165) is 12.8 Å². The molecule has 0 bridgehead atoms. The van der Waals surface area contributed by atoms with E-state index in [1.165, 1.54) is 23.3 Å². The van der Waals surface area contributed by atoms with Crippen LogP contribution in [0.3, 0.4) is 0 Å². The Morgan fingerprint density at radius 3 is 2.39 bits per heavy atom. The van der Waals surface area contributed by atoms with E-state index >= 15 is 0 Å². The van der Waals surface area contributed by atoms with Gasteiger partial charge in [-0.15, -0.1) is 0 Å². The molecule has 0 spiro atoms. The van der Waals surface area contributed by atoms with Crippen LogP contribution in [0.5, 0.6) is 5.75 Å². The van der Waals surface area contributed by atoms with Gasteiger partial charge in [-0.25, -0.2) is 8.78 Å². The summed E-state index contributed by atoms with van der Waals surface area (Å²) in [6.45, 7) is 2.12. The van der Waals surface area contributed by atoms with Gasteiger partial charge in [-0.2, -0.15) is 0 Å². The maximum absolute atomic E-state index is 14.7. The molecule has 3 aromatic rings. The highest BCUT2D eigenvalue weighted by Crippen LogP contribution is 2.48. The van der Waals surface area contributed by atoms with Gasteiger partial charge in [-0.3, -0.25) is 0 Å². The second-order valence-electron chi connectivity index (χ2n) is 7.69. The molecule has 3 aromatic carbocycles. The summed E-state index contributed by atoms with van der Waals surface area (Å²) in [5, 5.41) is 9.61. The fraction of sp³-hybridized carbons (Fsp3) is 0.280. The SMILES string of the molecule is CCC1C(c2ccc(O)cc2F)Cc2ccccc2C1Cc1ccccc1F. The van der Waals surface area contributed by atoms with E-state index in [-0.39, 0.29) is 35.1 Å². The second kappa shape index (κ2) is 7.75. The Bertz CT molecular complexity index is 982. The van der Waals surface area contributed by atoms with Crippen LogP contribution in [-0.4, -0.2) is 5.11 Å². The summed E-state index contributed by atoms with van der Waals surface area (Å²) in [7, 11) is 0. The van der Waals surface area contributed by atoms with Crippen molar-refractivity contribution in [3.63, 3.8) is 0 Å². The van der Waals surface area contributed by atoms with E-state index in [1.54, 1.807) is 18.2 Å². The van der Waals surface area contributed by atoms with E-state index in [9.17, 15) is 13.9 Å². The van der Waals surface area contributed by atoms with Crippen LogP contribution >= 0.6 is 0 Å². The molecule has 0 heterocycles. The zero-order chi connectivity index (χ0) is 19.7. The highest BCUT2D eigenvalue weighted by Gasteiger charge is 2.37. The number of halogens is 2. The Morgan fingerprint density at radius 2 is 1.64 bits per heavy atom. The average molecular weight is 378 g/mol. The van der Waals surface area contributed by atoms with Crippen molar-refractivity contribution in [1.29, 1.82) is 0 Å². The molecule has 3 atom stereocenters. The van der Waals surface area contributed by atoms with Crippen molar-refractivity contribution in [1.82, 2.24) is 0 Å². The molecule has 0 saturated carbocycles. The van der Waals surface area contributed by atoms with Gasteiger partial charge in [-0.1, -0.05) is 61.9 Å². The van der Waals surface area contributed by atoms with Gasteiger partial charge >= 0.3 is 0 Å². The first-order valence-electron chi connectivity index (χ1n) is 9.88. The Labute approximate surface area is 164 Å². The Kier molecular flexibility index (Phi) is 5.17. The van der Waals surface area contributed by atoms with Gasteiger partial charge in [0.1, 0.15) is 17.4 Å². The zero-order valence-corrected chi connectivity index (χ0v) is 15.9. The fourth-order valence-corrected chi connectivity index (χ4v) is 4.87. The molecule has 0 saturated heterocycles. The molecule has 0 fully saturated rings. The van der Waals surface area contributed by atoms with Crippen LogP contribution in [0.2, 0.25) is 0 Å². The highest BCUT2D eigenvalue weighted by molar-refractivity contribution is 5.41. The van der Waals surface area contributed by atoms with Crippen molar-refractivity contribution < 1.29 is 13.9 Å². The Balaban J connectivity index is 1.80. The third-order valence-electron chi connectivity index (χ3n) is 6.18. The Morgan fingerprint density at radius 1 is 0.893 bits per heavy atom. The molecule has 28 heavy (non-hydrogen) atoms. The molecule has 1 aliphatic carbocycles. The van der Waals surface area contributed by atoms with Gasteiger partial charge in [-0.05, 0) is 65.0 Å². The summed E-state index contributed by atoms with van der Waals surface area (Å²) in [5.41, 5.74) is 3.78. The molecule has 3 heteroatoms. The normalized spacial score (nSPS) is 21.3. The summed E-state index contributed by atoms with van der Waals surface area (Å²) >= 11 is 0. The molecule has 0 aromatic heterocycles. The fourth-order valence-electron chi connectivity index (χ4n) is 4.87. The smallest absolute Gasteiger partial charge is 0.130 e. The standard InChI is InChI=1S/C25H24F2O/c1-2-19-22(14-17-8-4-6-10-24(17)26)20-9-5-3-7-16(20)13-23(19)21-12-11-18(28)15-25(21)27/h3-12,15,19,22-23,28H,2,13-14H2,1H3. The second-order valence-corrected chi connectivity index (χ2v) is 7.69. The molecule has 0 aliphatic heterocycles. The molecule has 1 nitrogen and oxygen atoms in total. The van der Waals surface area contributed by atoms with E-state index in [4.69, 9.17) is 0 Å². The van der Waals surface area contributed by atoms with Crippen molar-refractivity contribution in [3.8, 4) is 5.75 Å². The van der Waals surface area contributed by atoms with Gasteiger partial charge in [0.05, 0.1) is 0 Å². The van der Waals surface area contributed by atoms with Gasteiger partial charge < -0.3 is 5.11 Å². The lowest BCUT2D eigenvalue weighted by molar-refractivity contribution is 0.304. The third kappa shape index (κ3) is 3.42. The van der Waals surface area contributed by atoms with Crippen LogP contribution < -0.4 is 0 Å². The minimum atomic E-state index is -0.368. The van der Waals surface area contributed by atoms with Crippen LogP contribution in [0.4, 0.5) is 8.78 Å². The molecular weight excluding hydrogens is 354 g/mol. The van der Waals surface area contributed by atoms with Crippen molar-refractivity contribution in [3.05, 3.63) is 101 Å². The van der Waals surface area contributed by atoms with Crippen LogP contribution in [0.1, 0.15) is 47.4 Å². The molecule has 3 unspecified atom stereocenters. The van der Waals surface area contributed by atoms with E-state index in [2.05, 4.69) is 19.1 Å². The van der Waals surface area contributed by atoms with Gasteiger partial charge in [0, 0.05) is 6.07 Å². The monoisotopic (exact) mass is 378 g/mol. The predicted molar refractivity (Wildman–Crippen MR) is 108 cm³/mol. The maximum atomic E-state index is 14.7. The number of aromatic hydroxyl groups is 1. The highest BCUT2D eigenvalue weighted by atomic mass is 19.1. The van der Waals surface area contributed by atoms with Crippen molar-refractivity contribution >= 4 is 0 Å². The van der Waals surface area contributed by atoms with Gasteiger partial charge in [0.25, 0.3) is 0 Å². The zero-order valence-electron chi connectivity index (χ0n) is 15.9. The quantitative estimate of drug-likeness (QED) is 0.560. The van der Waals surface area contributed by atoms with Crippen molar-refractivity contribution in [2.45, 2.75) is 38.0 Å². The summed E-state index contributed by atoms with van der Waals surface area (Å²) in [5.74, 6) is -0.315. The van der Waals surface area contributed by atoms with E-state index in [0.29, 0.717) is 17.5 Å². The van der Waals surface area contributed by atoms with E-state index in [1.807, 2.05) is 24.3 Å².